The number of allylic oxidation sites excluding steroid dienone is 1. The van der Waals surface area contributed by atoms with Crippen molar-refractivity contribution in [3.63, 3.8) is 0 Å². The van der Waals surface area contributed by atoms with E-state index in [9.17, 15) is 13.4 Å². The molecule has 0 aliphatic carbocycles. The molecular formula is C22H20FN5O3S. The molecule has 0 bridgehead atoms. The van der Waals surface area contributed by atoms with Crippen molar-refractivity contribution in [3.05, 3.63) is 83.8 Å². The van der Waals surface area contributed by atoms with Crippen LogP contribution in [0.15, 0.2) is 77.6 Å². The van der Waals surface area contributed by atoms with Gasteiger partial charge in [-0.15, -0.1) is 0 Å². The highest BCUT2D eigenvalue weighted by Gasteiger charge is 2.16. The van der Waals surface area contributed by atoms with E-state index in [4.69, 9.17) is 17.0 Å². The average Bonchev–Trinajstić information content (AvgIpc) is 2.83. The van der Waals surface area contributed by atoms with Crippen molar-refractivity contribution in [3.8, 4) is 11.1 Å². The smallest absolute Gasteiger partial charge is 0.285 e. The van der Waals surface area contributed by atoms with Gasteiger partial charge in [0.15, 0.2) is 5.83 Å². The second kappa shape index (κ2) is 10.1. The Hall–Kier alpha value is -3.73. The topological polar surface area (TPSA) is 144 Å². The van der Waals surface area contributed by atoms with Gasteiger partial charge < -0.3 is 11.1 Å². The Balaban J connectivity index is 1.81. The minimum absolute atomic E-state index is 0.0976. The van der Waals surface area contributed by atoms with Crippen molar-refractivity contribution in [1.82, 2.24) is 4.98 Å². The summed E-state index contributed by atoms with van der Waals surface area (Å²) in [5, 5.41) is 9.89. The standard InChI is InChI=1S/C22H20FN5O3S/c1-13(14-5-4-6-15(11-14)21(24)25)20(23)22(29)28-19-10-9-16(12-27-19)17-7-2-3-8-18(17)32(30)31-26/h2-12H,26H2,1H3,(H3,24,25)(H,27,28,29)/b20-13+. The second-order valence-corrected chi connectivity index (χ2v) is 7.75. The maximum Gasteiger partial charge on any atom is 0.285 e. The molecule has 3 aromatic rings. The summed E-state index contributed by atoms with van der Waals surface area (Å²) in [7, 11) is 0. The number of amidine groups is 1. The number of pyridine rings is 1. The summed E-state index contributed by atoms with van der Waals surface area (Å²) >= 11 is -1.85. The van der Waals surface area contributed by atoms with E-state index in [0.29, 0.717) is 27.1 Å². The first-order valence-electron chi connectivity index (χ1n) is 9.28. The molecule has 1 atom stereocenters. The molecule has 0 saturated carbocycles. The highest BCUT2D eigenvalue weighted by Crippen LogP contribution is 2.27. The highest BCUT2D eigenvalue weighted by molar-refractivity contribution is 7.80. The third-order valence-corrected chi connectivity index (χ3v) is 5.50. The summed E-state index contributed by atoms with van der Waals surface area (Å²) < 4.78 is 31.1. The Kier molecular flexibility index (Phi) is 7.21. The number of nitrogens with zero attached hydrogens (tertiary/aromatic N) is 1. The fourth-order valence-electron chi connectivity index (χ4n) is 2.92. The molecule has 8 nitrogen and oxygen atoms in total. The van der Waals surface area contributed by atoms with E-state index in [1.807, 2.05) is 0 Å². The van der Waals surface area contributed by atoms with Gasteiger partial charge in [-0.05, 0) is 42.3 Å². The Bertz CT molecular complexity index is 1230. The quantitative estimate of drug-likeness (QED) is 0.187. The number of anilines is 1. The van der Waals surface area contributed by atoms with Crippen molar-refractivity contribution >= 4 is 34.2 Å². The molecule has 1 unspecified atom stereocenters. The van der Waals surface area contributed by atoms with Gasteiger partial charge in [0, 0.05) is 22.9 Å². The van der Waals surface area contributed by atoms with Gasteiger partial charge in [-0.1, -0.05) is 36.4 Å². The Morgan fingerprint density at radius 1 is 1.12 bits per heavy atom. The monoisotopic (exact) mass is 453 g/mol. The molecule has 1 aromatic heterocycles. The second-order valence-electron chi connectivity index (χ2n) is 6.65. The summed E-state index contributed by atoms with van der Waals surface area (Å²) in [4.78, 5) is 16.9. The van der Waals surface area contributed by atoms with Crippen LogP contribution in [0.4, 0.5) is 10.2 Å². The van der Waals surface area contributed by atoms with Crippen LogP contribution in [0.2, 0.25) is 0 Å². The molecule has 1 heterocycles. The fourth-order valence-corrected chi connectivity index (χ4v) is 3.58. The number of nitrogens with two attached hydrogens (primary N) is 2. The van der Waals surface area contributed by atoms with E-state index in [2.05, 4.69) is 14.6 Å². The van der Waals surface area contributed by atoms with E-state index in [1.165, 1.54) is 25.3 Å². The van der Waals surface area contributed by atoms with Crippen LogP contribution in [0, 0.1) is 5.41 Å². The first kappa shape index (κ1) is 22.9. The van der Waals surface area contributed by atoms with Gasteiger partial charge >= 0.3 is 0 Å². The van der Waals surface area contributed by atoms with E-state index < -0.39 is 22.8 Å². The Morgan fingerprint density at radius 3 is 2.50 bits per heavy atom. The number of nitrogens with one attached hydrogen (secondary N) is 2. The molecule has 32 heavy (non-hydrogen) atoms. The summed E-state index contributed by atoms with van der Waals surface area (Å²) in [6, 6.07) is 16.3. The van der Waals surface area contributed by atoms with Gasteiger partial charge in [0.2, 0.25) is 11.1 Å². The van der Waals surface area contributed by atoms with Crippen molar-refractivity contribution < 1.29 is 17.7 Å². The largest absolute Gasteiger partial charge is 0.384 e. The number of hydrogen-bond donors (Lipinski definition) is 4. The van der Waals surface area contributed by atoms with Crippen LogP contribution in [-0.2, 0) is 20.2 Å². The Morgan fingerprint density at radius 2 is 1.84 bits per heavy atom. The first-order valence-corrected chi connectivity index (χ1v) is 10.4. The van der Waals surface area contributed by atoms with E-state index in [1.54, 1.807) is 48.5 Å². The lowest BCUT2D eigenvalue weighted by atomic mass is 10.0. The first-order chi connectivity index (χ1) is 15.3. The maximum atomic E-state index is 14.7. The van der Waals surface area contributed by atoms with Gasteiger partial charge in [-0.3, -0.25) is 10.2 Å². The number of carbonyl (C=O) groups excluding carboxylic acids is 1. The minimum Gasteiger partial charge on any atom is -0.384 e. The fraction of sp³-hybridized carbons (Fsp3) is 0.0455. The molecular weight excluding hydrogens is 433 g/mol. The number of hydrogen-bond acceptors (Lipinski definition) is 6. The van der Waals surface area contributed by atoms with E-state index in [-0.39, 0.29) is 17.2 Å². The molecule has 1 amide bonds. The van der Waals surface area contributed by atoms with Crippen LogP contribution < -0.4 is 16.9 Å². The van der Waals surface area contributed by atoms with Crippen molar-refractivity contribution in [2.75, 3.05) is 5.32 Å². The van der Waals surface area contributed by atoms with Crippen LogP contribution >= 0.6 is 0 Å². The molecule has 3 rings (SSSR count). The number of halogens is 1. The molecule has 0 spiro atoms. The number of carbonyl (C=O) groups is 1. The van der Waals surface area contributed by atoms with Crippen molar-refractivity contribution in [2.45, 2.75) is 11.8 Å². The van der Waals surface area contributed by atoms with Gasteiger partial charge in [0.05, 0.1) is 4.90 Å². The van der Waals surface area contributed by atoms with Crippen LogP contribution in [-0.4, -0.2) is 20.9 Å². The zero-order chi connectivity index (χ0) is 23.3. The number of aromatic nitrogens is 1. The predicted molar refractivity (Wildman–Crippen MR) is 121 cm³/mol. The maximum absolute atomic E-state index is 14.7. The zero-order valence-electron chi connectivity index (χ0n) is 17.0. The molecule has 0 aliphatic heterocycles. The molecule has 10 heteroatoms. The highest BCUT2D eigenvalue weighted by atomic mass is 32.2. The van der Waals surface area contributed by atoms with Gasteiger partial charge in [0.25, 0.3) is 5.91 Å². The zero-order valence-corrected chi connectivity index (χ0v) is 17.8. The molecule has 2 aromatic carbocycles. The van der Waals surface area contributed by atoms with Crippen LogP contribution in [0.1, 0.15) is 18.1 Å². The van der Waals surface area contributed by atoms with E-state index in [0.717, 1.165) is 0 Å². The summed E-state index contributed by atoms with van der Waals surface area (Å²) in [6.45, 7) is 1.46. The van der Waals surface area contributed by atoms with Crippen molar-refractivity contribution in [1.29, 1.82) is 5.41 Å². The van der Waals surface area contributed by atoms with Gasteiger partial charge in [-0.2, -0.15) is 10.2 Å². The van der Waals surface area contributed by atoms with Crippen LogP contribution in [0.25, 0.3) is 16.7 Å². The summed E-state index contributed by atoms with van der Waals surface area (Å²) in [5.74, 6) is 3.05. The Labute approximate surface area is 186 Å². The average molecular weight is 453 g/mol. The number of amides is 1. The lowest BCUT2D eigenvalue weighted by Gasteiger charge is -2.10. The van der Waals surface area contributed by atoms with E-state index >= 15 is 0 Å². The van der Waals surface area contributed by atoms with Gasteiger partial charge in [-0.25, -0.2) is 13.6 Å². The predicted octanol–water partition coefficient (Wildman–Crippen LogP) is 3.28. The molecule has 6 N–H and O–H groups in total. The lowest BCUT2D eigenvalue weighted by Crippen LogP contribution is -2.14. The number of benzene rings is 2. The summed E-state index contributed by atoms with van der Waals surface area (Å²) in [5.41, 5.74) is 7.62. The lowest BCUT2D eigenvalue weighted by molar-refractivity contribution is -0.114. The normalized spacial score (nSPS) is 12.6. The third-order valence-electron chi connectivity index (χ3n) is 4.61. The summed E-state index contributed by atoms with van der Waals surface area (Å²) in [6.07, 6.45) is 1.45. The molecule has 0 saturated heterocycles. The number of rotatable bonds is 7. The van der Waals surface area contributed by atoms with Crippen molar-refractivity contribution in [2.24, 2.45) is 11.6 Å². The molecule has 0 fully saturated rings. The number of nitrogen functional groups attached to an aromatic ring is 1. The van der Waals surface area contributed by atoms with Gasteiger partial charge in [0.1, 0.15) is 11.7 Å². The van der Waals surface area contributed by atoms with Crippen LogP contribution in [0.5, 0.6) is 0 Å². The molecule has 0 aliphatic rings. The third kappa shape index (κ3) is 5.11. The molecule has 164 valence electrons. The van der Waals surface area contributed by atoms with Crippen LogP contribution in [0.3, 0.4) is 0 Å². The minimum atomic E-state index is -1.85. The molecule has 0 radical (unpaired) electrons. The SMILES string of the molecule is C/C(=C(\F)C(=O)Nc1ccc(-c2ccccc2S(=O)ON)cn1)c1cccc(C(=N)N)c1.